The van der Waals surface area contributed by atoms with E-state index in [1.807, 2.05) is 19.9 Å². The molecule has 1 aromatic heterocycles. The number of hydrogen-bond acceptors (Lipinski definition) is 4. The van der Waals surface area contributed by atoms with Gasteiger partial charge in [-0.3, -0.25) is 0 Å². The number of thiocarbonyl (C=S) groups is 1. The molecule has 0 aliphatic carbocycles. The van der Waals surface area contributed by atoms with Crippen LogP contribution in [-0.4, -0.2) is 34.3 Å². The SMILES string of the molecule is Cc1cc(C)c(C(N)=S)c(N2CCCCC2CCO)n1. The molecule has 0 saturated carbocycles. The Bertz CT molecular complexity index is 502. The summed E-state index contributed by atoms with van der Waals surface area (Å²) in [5.41, 5.74) is 8.85. The maximum Gasteiger partial charge on any atom is 0.139 e. The van der Waals surface area contributed by atoms with Crippen molar-refractivity contribution in [3.05, 3.63) is 22.9 Å². The van der Waals surface area contributed by atoms with Gasteiger partial charge in [0.1, 0.15) is 10.8 Å². The van der Waals surface area contributed by atoms with Crippen LogP contribution < -0.4 is 10.6 Å². The predicted molar refractivity (Wildman–Crippen MR) is 86.3 cm³/mol. The number of aliphatic hydroxyl groups is 1. The number of piperidine rings is 1. The summed E-state index contributed by atoms with van der Waals surface area (Å²) in [6, 6.07) is 2.35. The molecule has 1 saturated heterocycles. The quantitative estimate of drug-likeness (QED) is 0.832. The summed E-state index contributed by atoms with van der Waals surface area (Å²) in [4.78, 5) is 7.38. The lowest BCUT2D eigenvalue weighted by Gasteiger charge is -2.38. The molecule has 20 heavy (non-hydrogen) atoms. The minimum Gasteiger partial charge on any atom is -0.396 e. The molecular formula is C15H23N3OS. The molecule has 2 heterocycles. The number of nitrogens with two attached hydrogens (primary N) is 1. The molecule has 0 spiro atoms. The summed E-state index contributed by atoms with van der Waals surface area (Å²) in [7, 11) is 0. The van der Waals surface area contributed by atoms with E-state index < -0.39 is 0 Å². The lowest BCUT2D eigenvalue weighted by atomic mass is 9.98. The van der Waals surface area contributed by atoms with Gasteiger partial charge >= 0.3 is 0 Å². The fourth-order valence-electron chi connectivity index (χ4n) is 3.06. The first kappa shape index (κ1) is 15.2. The minimum atomic E-state index is 0.203. The molecule has 0 amide bonds. The van der Waals surface area contributed by atoms with Gasteiger partial charge in [0.15, 0.2) is 0 Å². The van der Waals surface area contributed by atoms with Crippen molar-refractivity contribution in [3.63, 3.8) is 0 Å². The number of rotatable bonds is 4. The zero-order chi connectivity index (χ0) is 14.7. The first-order valence-electron chi connectivity index (χ1n) is 7.20. The molecule has 3 N–H and O–H groups in total. The Labute approximate surface area is 126 Å². The fourth-order valence-corrected chi connectivity index (χ4v) is 3.31. The maximum atomic E-state index is 9.27. The zero-order valence-corrected chi connectivity index (χ0v) is 13.0. The van der Waals surface area contributed by atoms with E-state index in [2.05, 4.69) is 9.88 Å². The van der Waals surface area contributed by atoms with Crippen LogP contribution in [0.15, 0.2) is 6.07 Å². The average molecular weight is 293 g/mol. The Kier molecular flexibility index (Phi) is 4.94. The van der Waals surface area contributed by atoms with Crippen LogP contribution in [0.1, 0.15) is 42.5 Å². The number of nitrogens with zero attached hydrogens (tertiary/aromatic N) is 2. The number of aromatic nitrogens is 1. The topological polar surface area (TPSA) is 62.4 Å². The summed E-state index contributed by atoms with van der Waals surface area (Å²) in [6.07, 6.45) is 4.21. The van der Waals surface area contributed by atoms with Crippen molar-refractivity contribution in [3.8, 4) is 0 Å². The monoisotopic (exact) mass is 293 g/mol. The molecule has 1 aliphatic rings. The van der Waals surface area contributed by atoms with E-state index in [0.717, 1.165) is 48.4 Å². The molecule has 5 heteroatoms. The zero-order valence-electron chi connectivity index (χ0n) is 12.2. The Hall–Kier alpha value is -1.20. The normalized spacial score (nSPS) is 19.1. The van der Waals surface area contributed by atoms with E-state index in [9.17, 15) is 5.11 Å². The van der Waals surface area contributed by atoms with Gasteiger partial charge in [0.05, 0.1) is 5.56 Å². The van der Waals surface area contributed by atoms with Crippen LogP contribution in [0.2, 0.25) is 0 Å². The Balaban J connectivity index is 2.46. The van der Waals surface area contributed by atoms with Gasteiger partial charge in [-0.05, 0) is 51.2 Å². The van der Waals surface area contributed by atoms with E-state index in [1.165, 1.54) is 6.42 Å². The second kappa shape index (κ2) is 6.50. The van der Waals surface area contributed by atoms with Crippen molar-refractivity contribution < 1.29 is 5.11 Å². The van der Waals surface area contributed by atoms with Crippen LogP contribution in [0, 0.1) is 13.8 Å². The summed E-state index contributed by atoms with van der Waals surface area (Å²) in [6.45, 7) is 5.17. The van der Waals surface area contributed by atoms with Crippen molar-refractivity contribution in [2.75, 3.05) is 18.1 Å². The lowest BCUT2D eigenvalue weighted by molar-refractivity contribution is 0.262. The maximum absolute atomic E-state index is 9.27. The molecule has 1 fully saturated rings. The molecule has 0 radical (unpaired) electrons. The van der Waals surface area contributed by atoms with Crippen molar-refractivity contribution >= 4 is 23.0 Å². The molecule has 1 atom stereocenters. The smallest absolute Gasteiger partial charge is 0.139 e. The highest BCUT2D eigenvalue weighted by Gasteiger charge is 2.26. The number of pyridine rings is 1. The van der Waals surface area contributed by atoms with Gasteiger partial charge < -0.3 is 15.7 Å². The molecule has 0 aromatic carbocycles. The average Bonchev–Trinajstić information content (AvgIpc) is 2.38. The first-order valence-corrected chi connectivity index (χ1v) is 7.61. The van der Waals surface area contributed by atoms with E-state index in [1.54, 1.807) is 0 Å². The van der Waals surface area contributed by atoms with Gasteiger partial charge in [-0.25, -0.2) is 4.98 Å². The molecule has 0 bridgehead atoms. The van der Waals surface area contributed by atoms with Gasteiger partial charge in [0.25, 0.3) is 0 Å². The van der Waals surface area contributed by atoms with Gasteiger partial charge in [0, 0.05) is 24.9 Å². The number of aliphatic hydroxyl groups excluding tert-OH is 1. The highest BCUT2D eigenvalue weighted by molar-refractivity contribution is 7.80. The Morgan fingerprint density at radius 1 is 1.50 bits per heavy atom. The van der Waals surface area contributed by atoms with Crippen LogP contribution in [-0.2, 0) is 0 Å². The van der Waals surface area contributed by atoms with Crippen LogP contribution in [0.25, 0.3) is 0 Å². The predicted octanol–water partition coefficient (Wildman–Crippen LogP) is 2.07. The summed E-state index contributed by atoms with van der Waals surface area (Å²) in [5.74, 6) is 0.896. The van der Waals surface area contributed by atoms with E-state index in [0.29, 0.717) is 11.0 Å². The van der Waals surface area contributed by atoms with Crippen LogP contribution in [0.3, 0.4) is 0 Å². The van der Waals surface area contributed by atoms with Crippen LogP contribution in [0.5, 0.6) is 0 Å². The van der Waals surface area contributed by atoms with Crippen molar-refractivity contribution in [2.45, 2.75) is 45.6 Å². The molecule has 1 aliphatic heterocycles. The van der Waals surface area contributed by atoms with Crippen molar-refractivity contribution in [2.24, 2.45) is 5.73 Å². The molecular weight excluding hydrogens is 270 g/mol. The summed E-state index contributed by atoms with van der Waals surface area (Å²) >= 11 is 5.21. The number of anilines is 1. The van der Waals surface area contributed by atoms with E-state index >= 15 is 0 Å². The minimum absolute atomic E-state index is 0.203. The van der Waals surface area contributed by atoms with Gasteiger partial charge in [0.2, 0.25) is 0 Å². The Morgan fingerprint density at radius 2 is 2.25 bits per heavy atom. The van der Waals surface area contributed by atoms with Crippen LogP contribution >= 0.6 is 12.2 Å². The summed E-state index contributed by atoms with van der Waals surface area (Å²) in [5, 5.41) is 9.27. The Morgan fingerprint density at radius 3 is 2.90 bits per heavy atom. The largest absolute Gasteiger partial charge is 0.396 e. The number of aryl methyl sites for hydroxylation is 2. The highest BCUT2D eigenvalue weighted by atomic mass is 32.1. The first-order chi connectivity index (χ1) is 9.54. The highest BCUT2D eigenvalue weighted by Crippen LogP contribution is 2.29. The molecule has 4 nitrogen and oxygen atoms in total. The third kappa shape index (κ3) is 3.10. The third-order valence-corrected chi connectivity index (χ3v) is 4.14. The number of hydrogen-bond donors (Lipinski definition) is 2. The molecule has 1 unspecified atom stereocenters. The van der Waals surface area contributed by atoms with Crippen molar-refractivity contribution in [1.82, 2.24) is 4.98 Å². The van der Waals surface area contributed by atoms with Gasteiger partial charge in [-0.15, -0.1) is 0 Å². The fraction of sp³-hybridized carbons (Fsp3) is 0.600. The molecule has 1 aromatic rings. The summed E-state index contributed by atoms with van der Waals surface area (Å²) < 4.78 is 0. The van der Waals surface area contributed by atoms with E-state index in [4.69, 9.17) is 18.0 Å². The van der Waals surface area contributed by atoms with Crippen LogP contribution in [0.4, 0.5) is 5.82 Å². The second-order valence-corrected chi connectivity index (χ2v) is 5.94. The molecule has 2 rings (SSSR count). The van der Waals surface area contributed by atoms with E-state index in [-0.39, 0.29) is 6.61 Å². The van der Waals surface area contributed by atoms with Gasteiger partial charge in [-0.1, -0.05) is 12.2 Å². The molecule has 110 valence electrons. The van der Waals surface area contributed by atoms with Gasteiger partial charge in [-0.2, -0.15) is 0 Å². The standard InChI is InChI=1S/C15H23N3OS/c1-10-9-11(2)17-15(13(10)14(16)20)18-7-4-3-5-12(18)6-8-19/h9,12,19H,3-8H2,1-2H3,(H2,16,20). The third-order valence-electron chi connectivity index (χ3n) is 3.93. The second-order valence-electron chi connectivity index (χ2n) is 5.50. The lowest BCUT2D eigenvalue weighted by Crippen LogP contribution is -2.42. The van der Waals surface area contributed by atoms with Crippen molar-refractivity contribution in [1.29, 1.82) is 0 Å².